The van der Waals surface area contributed by atoms with E-state index < -0.39 is 28.5 Å². The van der Waals surface area contributed by atoms with Crippen LogP contribution in [-0.4, -0.2) is 57.5 Å². The summed E-state index contributed by atoms with van der Waals surface area (Å²) in [5, 5.41) is 2.58. The molecule has 0 spiro atoms. The summed E-state index contributed by atoms with van der Waals surface area (Å²) in [5.74, 6) is -0.266. The standard InChI is InChI=1S/C23H26N2O7S/c26-22(16-32-23(27)17-8-9-20-21(14-17)31-13-12-30-20)24-18-6-5-7-19(15-18)33(28,29)25-10-3-1-2-4-11-25/h5-9,14-15H,1-4,10-13,16H2,(H,24,26). The van der Waals surface area contributed by atoms with Crippen molar-refractivity contribution in [3.63, 3.8) is 0 Å². The Kier molecular flexibility index (Phi) is 7.14. The van der Waals surface area contributed by atoms with E-state index in [2.05, 4.69) is 5.32 Å². The second-order valence-electron chi connectivity index (χ2n) is 7.83. The largest absolute Gasteiger partial charge is 0.486 e. The molecule has 2 aromatic rings. The van der Waals surface area contributed by atoms with Gasteiger partial charge in [-0.05, 0) is 49.2 Å². The predicted octanol–water partition coefficient (Wildman–Crippen LogP) is 2.82. The molecule has 0 atom stereocenters. The smallest absolute Gasteiger partial charge is 0.338 e. The third-order valence-corrected chi connectivity index (χ3v) is 7.33. The van der Waals surface area contributed by atoms with Crippen LogP contribution in [0.1, 0.15) is 36.0 Å². The Hall–Kier alpha value is -3.11. The average Bonchev–Trinajstić information content (AvgIpc) is 3.13. The molecule has 33 heavy (non-hydrogen) atoms. The molecule has 0 bridgehead atoms. The molecule has 0 saturated carbocycles. The molecule has 9 nitrogen and oxygen atoms in total. The molecule has 1 amide bonds. The monoisotopic (exact) mass is 474 g/mol. The Labute approximate surface area is 192 Å². The molecule has 0 aromatic heterocycles. The molecule has 2 aromatic carbocycles. The summed E-state index contributed by atoms with van der Waals surface area (Å²) in [6.45, 7) is 1.30. The minimum atomic E-state index is -3.64. The van der Waals surface area contributed by atoms with Crippen molar-refractivity contribution in [2.75, 3.05) is 38.2 Å². The molecule has 1 N–H and O–H groups in total. The number of ether oxygens (including phenoxy) is 3. The molecule has 2 heterocycles. The zero-order chi connectivity index (χ0) is 23.3. The van der Waals surface area contributed by atoms with Crippen molar-refractivity contribution in [1.29, 1.82) is 0 Å². The van der Waals surface area contributed by atoms with Gasteiger partial charge in [-0.25, -0.2) is 13.2 Å². The topological polar surface area (TPSA) is 111 Å². The first-order chi connectivity index (χ1) is 15.9. The predicted molar refractivity (Wildman–Crippen MR) is 120 cm³/mol. The molecule has 0 unspecified atom stereocenters. The minimum absolute atomic E-state index is 0.121. The van der Waals surface area contributed by atoms with E-state index >= 15 is 0 Å². The third kappa shape index (κ3) is 5.63. The normalized spacial score (nSPS) is 16.5. The molecule has 0 radical (unpaired) electrons. The lowest BCUT2D eigenvalue weighted by Crippen LogP contribution is -2.32. The van der Waals surface area contributed by atoms with Gasteiger partial charge in [-0.1, -0.05) is 18.9 Å². The lowest BCUT2D eigenvalue weighted by molar-refractivity contribution is -0.119. The number of hydrogen-bond donors (Lipinski definition) is 1. The number of fused-ring (bicyclic) bond motifs is 1. The zero-order valence-electron chi connectivity index (χ0n) is 18.1. The Balaban J connectivity index is 1.35. The minimum Gasteiger partial charge on any atom is -0.486 e. The lowest BCUT2D eigenvalue weighted by Gasteiger charge is -2.20. The van der Waals surface area contributed by atoms with Gasteiger partial charge in [0.25, 0.3) is 5.91 Å². The van der Waals surface area contributed by atoms with Crippen LogP contribution in [0.4, 0.5) is 5.69 Å². The van der Waals surface area contributed by atoms with Gasteiger partial charge < -0.3 is 19.5 Å². The number of rotatable bonds is 6. The maximum atomic E-state index is 13.0. The number of hydrogen-bond acceptors (Lipinski definition) is 7. The summed E-state index contributed by atoms with van der Waals surface area (Å²) in [5.41, 5.74) is 0.545. The fourth-order valence-corrected chi connectivity index (χ4v) is 5.31. The molecule has 2 aliphatic heterocycles. The van der Waals surface area contributed by atoms with Crippen molar-refractivity contribution >= 4 is 27.6 Å². The number of amides is 1. The maximum absolute atomic E-state index is 13.0. The number of carbonyl (C=O) groups excluding carboxylic acids is 2. The fraction of sp³-hybridized carbons (Fsp3) is 0.391. The molecular formula is C23H26N2O7S. The number of carbonyl (C=O) groups is 2. The zero-order valence-corrected chi connectivity index (χ0v) is 18.9. The quantitative estimate of drug-likeness (QED) is 0.641. The van der Waals surface area contributed by atoms with Crippen molar-refractivity contribution in [2.45, 2.75) is 30.6 Å². The van der Waals surface area contributed by atoms with E-state index in [1.165, 1.54) is 28.6 Å². The van der Waals surface area contributed by atoms with Gasteiger partial charge in [-0.2, -0.15) is 4.31 Å². The van der Waals surface area contributed by atoms with E-state index in [4.69, 9.17) is 14.2 Å². The van der Waals surface area contributed by atoms with E-state index in [0.717, 1.165) is 25.7 Å². The first-order valence-corrected chi connectivity index (χ1v) is 12.3. The van der Waals surface area contributed by atoms with Gasteiger partial charge in [0.1, 0.15) is 13.2 Å². The van der Waals surface area contributed by atoms with Gasteiger partial charge in [0.05, 0.1) is 10.5 Å². The van der Waals surface area contributed by atoms with Gasteiger partial charge in [0.2, 0.25) is 10.0 Å². The van der Waals surface area contributed by atoms with E-state index in [1.807, 2.05) is 0 Å². The summed E-state index contributed by atoms with van der Waals surface area (Å²) in [7, 11) is -3.64. The van der Waals surface area contributed by atoms with Gasteiger partial charge in [-0.15, -0.1) is 0 Å². The van der Waals surface area contributed by atoms with Crippen LogP contribution in [0.3, 0.4) is 0 Å². The molecule has 4 rings (SSSR count). The van der Waals surface area contributed by atoms with Crippen molar-refractivity contribution in [3.05, 3.63) is 48.0 Å². The SMILES string of the molecule is O=C(COC(=O)c1ccc2c(c1)OCCO2)Nc1cccc(S(=O)(=O)N2CCCCCC2)c1. The highest BCUT2D eigenvalue weighted by atomic mass is 32.2. The summed E-state index contributed by atoms with van der Waals surface area (Å²) < 4.78 is 43.4. The molecular weight excluding hydrogens is 448 g/mol. The lowest BCUT2D eigenvalue weighted by atomic mass is 10.2. The van der Waals surface area contributed by atoms with Crippen molar-refractivity contribution < 1.29 is 32.2 Å². The Morgan fingerprint density at radius 2 is 1.67 bits per heavy atom. The number of sulfonamides is 1. The summed E-state index contributed by atoms with van der Waals surface area (Å²) >= 11 is 0. The molecule has 10 heteroatoms. The van der Waals surface area contributed by atoms with Crippen LogP contribution in [-0.2, 0) is 19.6 Å². The first-order valence-electron chi connectivity index (χ1n) is 10.9. The van der Waals surface area contributed by atoms with Crippen LogP contribution in [0.2, 0.25) is 0 Å². The van der Waals surface area contributed by atoms with Crippen molar-refractivity contribution in [3.8, 4) is 11.5 Å². The molecule has 1 saturated heterocycles. The number of esters is 1. The highest BCUT2D eigenvalue weighted by Crippen LogP contribution is 2.31. The van der Waals surface area contributed by atoms with Crippen LogP contribution < -0.4 is 14.8 Å². The van der Waals surface area contributed by atoms with Crippen molar-refractivity contribution in [1.82, 2.24) is 4.31 Å². The van der Waals surface area contributed by atoms with Crippen LogP contribution in [0.25, 0.3) is 0 Å². The third-order valence-electron chi connectivity index (χ3n) is 5.43. The highest BCUT2D eigenvalue weighted by molar-refractivity contribution is 7.89. The van der Waals surface area contributed by atoms with Crippen LogP contribution >= 0.6 is 0 Å². The fourth-order valence-electron chi connectivity index (χ4n) is 3.75. The second-order valence-corrected chi connectivity index (χ2v) is 9.77. The van der Waals surface area contributed by atoms with Gasteiger partial charge >= 0.3 is 5.97 Å². The summed E-state index contributed by atoms with van der Waals surface area (Å²) in [6, 6.07) is 10.7. The van der Waals surface area contributed by atoms with Gasteiger partial charge in [0, 0.05) is 18.8 Å². The highest BCUT2D eigenvalue weighted by Gasteiger charge is 2.25. The first kappa shape index (κ1) is 23.1. The number of nitrogens with one attached hydrogen (secondary N) is 1. The molecule has 1 fully saturated rings. The summed E-state index contributed by atoms with van der Waals surface area (Å²) in [6.07, 6.45) is 3.72. The molecule has 176 valence electrons. The molecule has 2 aliphatic rings. The van der Waals surface area contributed by atoms with E-state index in [0.29, 0.717) is 43.5 Å². The average molecular weight is 475 g/mol. The number of anilines is 1. The van der Waals surface area contributed by atoms with Gasteiger partial charge in [-0.3, -0.25) is 4.79 Å². The van der Waals surface area contributed by atoms with E-state index in [-0.39, 0.29) is 10.5 Å². The van der Waals surface area contributed by atoms with E-state index in [9.17, 15) is 18.0 Å². The Morgan fingerprint density at radius 3 is 2.42 bits per heavy atom. The van der Waals surface area contributed by atoms with Crippen LogP contribution in [0.15, 0.2) is 47.4 Å². The number of benzene rings is 2. The van der Waals surface area contributed by atoms with Crippen molar-refractivity contribution in [2.24, 2.45) is 0 Å². The number of nitrogens with zero attached hydrogens (tertiary/aromatic N) is 1. The Morgan fingerprint density at radius 1 is 0.939 bits per heavy atom. The second kappa shape index (κ2) is 10.2. The maximum Gasteiger partial charge on any atom is 0.338 e. The van der Waals surface area contributed by atoms with Crippen LogP contribution in [0, 0.1) is 0 Å². The van der Waals surface area contributed by atoms with Gasteiger partial charge in [0.15, 0.2) is 18.1 Å². The summed E-state index contributed by atoms with van der Waals surface area (Å²) in [4.78, 5) is 24.7. The van der Waals surface area contributed by atoms with E-state index in [1.54, 1.807) is 18.2 Å². The molecule has 0 aliphatic carbocycles. The van der Waals surface area contributed by atoms with Crippen LogP contribution in [0.5, 0.6) is 11.5 Å². The Bertz CT molecular complexity index is 1130.